The summed E-state index contributed by atoms with van der Waals surface area (Å²) in [7, 11) is 0. The summed E-state index contributed by atoms with van der Waals surface area (Å²) in [5.41, 5.74) is 3.62. The lowest BCUT2D eigenvalue weighted by atomic mass is 9.84. The minimum absolute atomic E-state index is 0.0282. The van der Waals surface area contributed by atoms with Gasteiger partial charge in [0.15, 0.2) is 0 Å². The highest BCUT2D eigenvalue weighted by molar-refractivity contribution is 5.95. The Morgan fingerprint density at radius 3 is 2.65 bits per heavy atom. The minimum atomic E-state index is -0.283. The molecule has 0 radical (unpaired) electrons. The number of hydrogen-bond acceptors (Lipinski definition) is 3. The number of amides is 2. The van der Waals surface area contributed by atoms with E-state index >= 15 is 0 Å². The molecule has 2 aliphatic heterocycles. The van der Waals surface area contributed by atoms with Crippen LogP contribution in [0.5, 0.6) is 5.75 Å². The van der Waals surface area contributed by atoms with Gasteiger partial charge in [0.05, 0.1) is 5.92 Å². The number of nitrogens with one attached hydrogen (secondary N) is 2. The zero-order chi connectivity index (χ0) is 22.2. The van der Waals surface area contributed by atoms with Crippen LogP contribution in [-0.4, -0.2) is 30.0 Å². The first-order chi connectivity index (χ1) is 14.7. The van der Waals surface area contributed by atoms with Gasteiger partial charge >= 0.3 is 0 Å². The molecular formula is C26H32N2O3. The Hall–Kier alpha value is -2.82. The highest BCUT2D eigenvalue weighted by Crippen LogP contribution is 2.39. The SMILES string of the molecule is CC1CC(C)C(CNC(=O)c2cc(Cc3ccccc3)c3c(c2)CC(C)(C)O3)C(=O)N1. The Kier molecular flexibility index (Phi) is 5.78. The van der Waals surface area contributed by atoms with E-state index in [4.69, 9.17) is 4.74 Å². The third-order valence-corrected chi connectivity index (χ3v) is 6.36. The van der Waals surface area contributed by atoms with E-state index in [0.29, 0.717) is 18.5 Å². The van der Waals surface area contributed by atoms with E-state index in [1.807, 2.05) is 37.3 Å². The van der Waals surface area contributed by atoms with E-state index in [1.54, 1.807) is 0 Å². The van der Waals surface area contributed by atoms with Gasteiger partial charge in [0.2, 0.25) is 5.91 Å². The minimum Gasteiger partial charge on any atom is -0.487 e. The number of piperidine rings is 1. The second-order valence-electron chi connectivity index (χ2n) is 9.76. The van der Waals surface area contributed by atoms with Crippen molar-refractivity contribution in [3.8, 4) is 5.75 Å². The van der Waals surface area contributed by atoms with Crippen molar-refractivity contribution in [2.45, 2.75) is 58.6 Å². The Labute approximate surface area is 184 Å². The number of carbonyl (C=O) groups is 2. The first-order valence-corrected chi connectivity index (χ1v) is 11.2. The highest BCUT2D eigenvalue weighted by atomic mass is 16.5. The zero-order valence-corrected chi connectivity index (χ0v) is 18.8. The van der Waals surface area contributed by atoms with Crippen LogP contribution in [0.15, 0.2) is 42.5 Å². The summed E-state index contributed by atoms with van der Waals surface area (Å²) in [6, 6.07) is 14.3. The predicted octanol–water partition coefficient (Wildman–Crippen LogP) is 3.88. The summed E-state index contributed by atoms with van der Waals surface area (Å²) >= 11 is 0. The molecule has 2 aliphatic rings. The number of carbonyl (C=O) groups excluding carboxylic acids is 2. The summed E-state index contributed by atoms with van der Waals surface area (Å²) in [6.45, 7) is 8.60. The van der Waals surface area contributed by atoms with Gasteiger partial charge in [0.25, 0.3) is 5.91 Å². The Morgan fingerprint density at radius 1 is 1.19 bits per heavy atom. The van der Waals surface area contributed by atoms with Crippen molar-refractivity contribution in [1.29, 1.82) is 0 Å². The van der Waals surface area contributed by atoms with Gasteiger partial charge in [0.1, 0.15) is 11.4 Å². The molecule has 2 aromatic rings. The maximum atomic E-state index is 13.0. The molecule has 4 rings (SSSR count). The molecule has 0 bridgehead atoms. The molecule has 1 saturated heterocycles. The quantitative estimate of drug-likeness (QED) is 0.771. The van der Waals surface area contributed by atoms with Gasteiger partial charge in [-0.15, -0.1) is 0 Å². The fourth-order valence-corrected chi connectivity index (χ4v) is 4.85. The summed E-state index contributed by atoms with van der Waals surface area (Å²) in [4.78, 5) is 25.4. The van der Waals surface area contributed by atoms with Crippen molar-refractivity contribution < 1.29 is 14.3 Å². The van der Waals surface area contributed by atoms with Gasteiger partial charge in [-0.1, -0.05) is 37.3 Å². The van der Waals surface area contributed by atoms with Crippen LogP contribution in [0.1, 0.15) is 61.2 Å². The molecule has 5 nitrogen and oxygen atoms in total. The molecular weight excluding hydrogens is 388 g/mol. The van der Waals surface area contributed by atoms with Crippen LogP contribution in [-0.2, 0) is 17.6 Å². The Bertz CT molecular complexity index is 984. The van der Waals surface area contributed by atoms with Crippen LogP contribution in [0.25, 0.3) is 0 Å². The summed E-state index contributed by atoms with van der Waals surface area (Å²) in [5, 5.41) is 6.00. The van der Waals surface area contributed by atoms with Crippen molar-refractivity contribution in [3.63, 3.8) is 0 Å². The number of hydrogen-bond donors (Lipinski definition) is 2. The number of benzene rings is 2. The van der Waals surface area contributed by atoms with Gasteiger partial charge in [-0.25, -0.2) is 0 Å². The maximum Gasteiger partial charge on any atom is 0.251 e. The first-order valence-electron chi connectivity index (χ1n) is 11.2. The van der Waals surface area contributed by atoms with Crippen LogP contribution in [0.2, 0.25) is 0 Å². The summed E-state index contributed by atoms with van der Waals surface area (Å²) in [6.07, 6.45) is 2.41. The molecule has 0 aliphatic carbocycles. The monoisotopic (exact) mass is 420 g/mol. The lowest BCUT2D eigenvalue weighted by Gasteiger charge is -2.32. The molecule has 164 valence electrons. The molecule has 3 unspecified atom stereocenters. The van der Waals surface area contributed by atoms with Crippen molar-refractivity contribution in [2.24, 2.45) is 11.8 Å². The van der Waals surface area contributed by atoms with E-state index < -0.39 is 0 Å². The summed E-state index contributed by atoms with van der Waals surface area (Å²) in [5.74, 6) is 0.841. The van der Waals surface area contributed by atoms with Crippen LogP contribution in [0.3, 0.4) is 0 Å². The molecule has 3 atom stereocenters. The van der Waals surface area contributed by atoms with E-state index in [1.165, 1.54) is 5.56 Å². The number of rotatable bonds is 5. The molecule has 0 saturated carbocycles. The van der Waals surface area contributed by atoms with Crippen molar-refractivity contribution in [2.75, 3.05) is 6.54 Å². The van der Waals surface area contributed by atoms with Crippen molar-refractivity contribution in [1.82, 2.24) is 10.6 Å². The van der Waals surface area contributed by atoms with E-state index in [2.05, 4.69) is 43.5 Å². The van der Waals surface area contributed by atoms with Gasteiger partial charge in [-0.05, 0) is 61.9 Å². The van der Waals surface area contributed by atoms with E-state index in [9.17, 15) is 9.59 Å². The fourth-order valence-electron chi connectivity index (χ4n) is 4.85. The molecule has 31 heavy (non-hydrogen) atoms. The smallest absolute Gasteiger partial charge is 0.251 e. The molecule has 1 fully saturated rings. The van der Waals surface area contributed by atoms with Crippen molar-refractivity contribution >= 4 is 11.8 Å². The normalized spacial score (nSPS) is 24.1. The number of fused-ring (bicyclic) bond motifs is 1. The second-order valence-corrected chi connectivity index (χ2v) is 9.76. The summed E-state index contributed by atoms with van der Waals surface area (Å²) < 4.78 is 6.24. The van der Waals surface area contributed by atoms with Gasteiger partial charge in [-0.3, -0.25) is 9.59 Å². The highest BCUT2D eigenvalue weighted by Gasteiger charge is 2.34. The largest absolute Gasteiger partial charge is 0.487 e. The average molecular weight is 421 g/mol. The lowest BCUT2D eigenvalue weighted by molar-refractivity contribution is -0.129. The van der Waals surface area contributed by atoms with E-state index in [0.717, 1.165) is 29.7 Å². The first kappa shape index (κ1) is 21.4. The average Bonchev–Trinajstić information content (AvgIpc) is 3.02. The van der Waals surface area contributed by atoms with Crippen LogP contribution in [0.4, 0.5) is 0 Å². The number of ether oxygens (including phenoxy) is 1. The molecule has 2 N–H and O–H groups in total. The van der Waals surface area contributed by atoms with Crippen molar-refractivity contribution in [3.05, 3.63) is 64.7 Å². The Balaban J connectivity index is 1.55. The third-order valence-electron chi connectivity index (χ3n) is 6.36. The predicted molar refractivity (Wildman–Crippen MR) is 121 cm³/mol. The van der Waals surface area contributed by atoms with E-state index in [-0.39, 0.29) is 35.3 Å². The molecule has 0 spiro atoms. The molecule has 2 heterocycles. The Morgan fingerprint density at radius 2 is 1.94 bits per heavy atom. The van der Waals surface area contributed by atoms with Crippen LogP contribution in [0, 0.1) is 11.8 Å². The third kappa shape index (κ3) is 4.76. The topological polar surface area (TPSA) is 67.4 Å². The van der Waals surface area contributed by atoms with Crippen LogP contribution < -0.4 is 15.4 Å². The fraction of sp³-hybridized carbons (Fsp3) is 0.462. The molecule has 5 heteroatoms. The van der Waals surface area contributed by atoms with Gasteiger partial charge in [0, 0.05) is 31.0 Å². The molecule has 2 aromatic carbocycles. The van der Waals surface area contributed by atoms with Gasteiger partial charge < -0.3 is 15.4 Å². The zero-order valence-electron chi connectivity index (χ0n) is 18.8. The van der Waals surface area contributed by atoms with Crippen LogP contribution >= 0.6 is 0 Å². The van der Waals surface area contributed by atoms with Gasteiger partial charge in [-0.2, -0.15) is 0 Å². The maximum absolute atomic E-state index is 13.0. The lowest BCUT2D eigenvalue weighted by Crippen LogP contribution is -2.50. The standard InChI is InChI=1S/C26H32N2O3/c1-16-10-17(2)28-25(30)22(16)15-27-24(29)20-12-19(11-18-8-6-5-7-9-18)23-21(13-20)14-26(3,4)31-23/h5-9,12-13,16-17,22H,10-11,14-15H2,1-4H3,(H,27,29)(H,28,30). The second kappa shape index (κ2) is 8.37. The molecule has 0 aromatic heterocycles. The molecule has 2 amide bonds.